The van der Waals surface area contributed by atoms with Crippen molar-refractivity contribution in [3.63, 3.8) is 0 Å². The van der Waals surface area contributed by atoms with Crippen LogP contribution in [-0.2, 0) is 11.2 Å². The number of piperazine rings is 1. The van der Waals surface area contributed by atoms with Crippen LogP contribution in [0.5, 0.6) is 0 Å². The molecular formula is C10H14IN4O2P. The van der Waals surface area contributed by atoms with Crippen LogP contribution >= 0.6 is 28.4 Å². The van der Waals surface area contributed by atoms with Crippen molar-refractivity contribution < 1.29 is 4.79 Å². The highest BCUT2D eigenvalue weighted by Gasteiger charge is 2.21. The van der Waals surface area contributed by atoms with Gasteiger partial charge in [0.25, 0.3) is 5.56 Å². The Bertz CT molecular complexity index is 519. The molecular weight excluding hydrogens is 366 g/mol. The second-order valence-corrected chi connectivity index (χ2v) is 5.97. The zero-order valence-corrected chi connectivity index (χ0v) is 13.1. The van der Waals surface area contributed by atoms with E-state index in [1.165, 1.54) is 4.45 Å². The molecule has 2 heterocycles. The number of rotatable bonds is 3. The van der Waals surface area contributed by atoms with Gasteiger partial charge in [0.05, 0.1) is 24.8 Å². The Kier molecular flexibility index (Phi) is 4.55. The molecule has 2 rings (SSSR count). The minimum Gasteiger partial charge on any atom is -0.359 e. The first kappa shape index (κ1) is 13.7. The number of nitrogens with one attached hydrogen (secondary N) is 1. The van der Waals surface area contributed by atoms with E-state index in [-0.39, 0.29) is 11.5 Å². The van der Waals surface area contributed by atoms with Crippen LogP contribution in [0, 0.1) is 0 Å². The molecule has 6 nitrogen and oxygen atoms in total. The molecule has 0 aromatic carbocycles. The molecule has 8 heteroatoms. The third kappa shape index (κ3) is 2.66. The maximum atomic E-state index is 12.2. The first-order valence-corrected chi connectivity index (χ1v) is 9.73. The van der Waals surface area contributed by atoms with Crippen LogP contribution in [0.25, 0.3) is 0 Å². The van der Waals surface area contributed by atoms with E-state index < -0.39 is 0 Å². The van der Waals surface area contributed by atoms with Crippen molar-refractivity contribution in [1.29, 1.82) is 0 Å². The molecule has 1 N–H and O–H groups in total. The van der Waals surface area contributed by atoms with Gasteiger partial charge in [0.15, 0.2) is 0 Å². The molecule has 1 aromatic rings. The first-order chi connectivity index (χ1) is 8.67. The fourth-order valence-corrected chi connectivity index (χ4v) is 3.33. The molecule has 18 heavy (non-hydrogen) atoms. The highest BCUT2D eigenvalue weighted by Crippen LogP contribution is 2.23. The average molecular weight is 380 g/mol. The Balaban J connectivity index is 2.41. The fourth-order valence-electron chi connectivity index (χ4n) is 1.99. The van der Waals surface area contributed by atoms with Gasteiger partial charge in [0, 0.05) is 18.7 Å². The van der Waals surface area contributed by atoms with Gasteiger partial charge < -0.3 is 10.2 Å². The Morgan fingerprint density at radius 2 is 2.33 bits per heavy atom. The molecule has 1 aromatic heterocycles. The quantitative estimate of drug-likeness (QED) is 0.614. The predicted octanol–water partition coefficient (Wildman–Crippen LogP) is 0.533. The lowest BCUT2D eigenvalue weighted by Crippen LogP contribution is -2.48. The summed E-state index contributed by atoms with van der Waals surface area (Å²) in [5.74, 6) is -0.0109. The van der Waals surface area contributed by atoms with Crippen LogP contribution in [-0.4, -0.2) is 35.1 Å². The molecule has 1 unspecified atom stereocenters. The highest BCUT2D eigenvalue weighted by atomic mass is 127. The number of anilines is 1. The lowest BCUT2D eigenvalue weighted by molar-refractivity contribution is -0.120. The summed E-state index contributed by atoms with van der Waals surface area (Å²) < 4.78 is 1.47. The zero-order valence-electron chi connectivity index (χ0n) is 9.94. The van der Waals surface area contributed by atoms with Crippen molar-refractivity contribution >= 4 is 40.0 Å². The monoisotopic (exact) mass is 380 g/mol. The molecule has 1 aliphatic rings. The van der Waals surface area contributed by atoms with Gasteiger partial charge in [0.1, 0.15) is 0 Å². The summed E-state index contributed by atoms with van der Waals surface area (Å²) in [5.41, 5.74) is 1.49. The smallest absolute Gasteiger partial charge is 0.275 e. The predicted molar refractivity (Wildman–Crippen MR) is 80.8 cm³/mol. The van der Waals surface area contributed by atoms with Gasteiger partial charge >= 0.3 is 0 Å². The molecule has 0 bridgehead atoms. The van der Waals surface area contributed by atoms with Gasteiger partial charge in [-0.25, -0.2) is 4.45 Å². The fraction of sp³-hybridized carbons (Fsp3) is 0.500. The van der Waals surface area contributed by atoms with E-state index in [1.807, 2.05) is 11.8 Å². The third-order valence-electron chi connectivity index (χ3n) is 2.87. The largest absolute Gasteiger partial charge is 0.359 e. The number of nitrogens with zero attached hydrogens (tertiary/aromatic N) is 3. The topological polar surface area (TPSA) is 67.2 Å². The van der Waals surface area contributed by atoms with Crippen LogP contribution in [0.1, 0.15) is 12.5 Å². The minimum absolute atomic E-state index is 0.0109. The maximum Gasteiger partial charge on any atom is 0.275 e. The molecule has 1 amide bonds. The summed E-state index contributed by atoms with van der Waals surface area (Å²) in [7, 11) is 0. The molecule has 1 fully saturated rings. The Morgan fingerprint density at radius 1 is 1.56 bits per heavy atom. The zero-order chi connectivity index (χ0) is 13.1. The van der Waals surface area contributed by atoms with Crippen molar-refractivity contribution in [2.75, 3.05) is 24.5 Å². The van der Waals surface area contributed by atoms with Gasteiger partial charge in [-0.2, -0.15) is 5.10 Å². The van der Waals surface area contributed by atoms with Crippen LogP contribution in [0.15, 0.2) is 11.0 Å². The minimum atomic E-state index is -0.0475. The van der Waals surface area contributed by atoms with Crippen molar-refractivity contribution in [2.45, 2.75) is 13.3 Å². The molecule has 1 aliphatic heterocycles. The van der Waals surface area contributed by atoms with Crippen LogP contribution in [0.3, 0.4) is 0 Å². The van der Waals surface area contributed by atoms with Crippen LogP contribution < -0.4 is 15.8 Å². The Morgan fingerprint density at radius 3 is 2.94 bits per heavy atom. The van der Waals surface area contributed by atoms with E-state index in [9.17, 15) is 9.59 Å². The molecule has 1 atom stereocenters. The average Bonchev–Trinajstić information content (AvgIpc) is 2.38. The summed E-state index contributed by atoms with van der Waals surface area (Å²) in [4.78, 5) is 25.5. The lowest BCUT2D eigenvalue weighted by Gasteiger charge is -2.29. The van der Waals surface area contributed by atoms with Gasteiger partial charge in [-0.1, -0.05) is 6.92 Å². The van der Waals surface area contributed by atoms with Gasteiger partial charge in [-0.3, -0.25) is 9.59 Å². The van der Waals surface area contributed by atoms with Gasteiger partial charge in [-0.05, 0) is 28.5 Å². The number of halogens is 1. The van der Waals surface area contributed by atoms with E-state index in [0.717, 1.165) is 17.8 Å². The second kappa shape index (κ2) is 5.97. The van der Waals surface area contributed by atoms with Crippen molar-refractivity contribution in [3.05, 3.63) is 22.1 Å². The van der Waals surface area contributed by atoms with E-state index in [2.05, 4.69) is 32.5 Å². The summed E-state index contributed by atoms with van der Waals surface area (Å²) in [5, 5.41) is 6.91. The van der Waals surface area contributed by atoms with E-state index in [1.54, 1.807) is 6.20 Å². The number of carbonyl (C=O) groups is 1. The number of hydrogen-bond acceptors (Lipinski definition) is 4. The Hall–Kier alpha value is -0.690. The Labute approximate surface area is 119 Å². The normalized spacial score (nSPS) is 16.3. The molecule has 0 saturated carbocycles. The van der Waals surface area contributed by atoms with Gasteiger partial charge in [-0.15, -0.1) is 0 Å². The van der Waals surface area contributed by atoms with E-state index in [0.29, 0.717) is 25.9 Å². The maximum absolute atomic E-state index is 12.2. The van der Waals surface area contributed by atoms with Crippen molar-refractivity contribution in [2.24, 2.45) is 0 Å². The lowest BCUT2D eigenvalue weighted by atomic mass is 10.1. The third-order valence-corrected chi connectivity index (χ3v) is 4.72. The van der Waals surface area contributed by atoms with Crippen LogP contribution in [0.2, 0.25) is 0 Å². The van der Waals surface area contributed by atoms with Crippen molar-refractivity contribution in [3.8, 4) is 0 Å². The molecule has 0 spiro atoms. The number of aromatic nitrogens is 2. The highest BCUT2D eigenvalue weighted by molar-refractivity contribution is 14.2. The van der Waals surface area contributed by atoms with E-state index >= 15 is 0 Å². The summed E-state index contributed by atoms with van der Waals surface area (Å²) in [6.07, 6.45) is 2.64. The number of amides is 1. The molecule has 1 saturated heterocycles. The molecule has 98 valence electrons. The summed E-state index contributed by atoms with van der Waals surface area (Å²) in [6.45, 7) is 3.57. The standard InChI is InChI=1S/C10H14IN4O2P/c1-2-7-8(5-13-15(18-11)10(7)17)14-4-3-12-9(16)6-14/h5,18H,2-4,6H2,1H3,(H,12,16). The van der Waals surface area contributed by atoms with Gasteiger partial charge in [0.2, 0.25) is 5.91 Å². The first-order valence-electron chi connectivity index (χ1n) is 5.67. The number of hydrogen-bond donors (Lipinski definition) is 1. The SMILES string of the molecule is CCc1c(N2CCNC(=O)C2)cnn(PI)c1=O. The molecule has 0 aliphatic carbocycles. The summed E-state index contributed by atoms with van der Waals surface area (Å²) in [6, 6.07) is 0. The summed E-state index contributed by atoms with van der Waals surface area (Å²) >= 11 is 2.13. The van der Waals surface area contributed by atoms with E-state index in [4.69, 9.17) is 0 Å². The van der Waals surface area contributed by atoms with Crippen molar-refractivity contribution in [1.82, 2.24) is 14.9 Å². The molecule has 0 radical (unpaired) electrons. The van der Waals surface area contributed by atoms with Crippen LogP contribution in [0.4, 0.5) is 5.69 Å². The number of carbonyl (C=O) groups excluding carboxylic acids is 1. The second-order valence-electron chi connectivity index (χ2n) is 3.93.